The van der Waals surface area contributed by atoms with Crippen molar-refractivity contribution in [1.82, 2.24) is 4.98 Å². The Labute approximate surface area is 126 Å². The molecule has 0 N–H and O–H groups in total. The molecule has 118 valence electrons. The van der Waals surface area contributed by atoms with Gasteiger partial charge in [0, 0.05) is 6.07 Å². The minimum atomic E-state index is -0.817. The largest absolute Gasteiger partial charge is 0.475 e. The van der Waals surface area contributed by atoms with Crippen LogP contribution in [-0.2, 0) is 14.3 Å². The molecule has 0 bridgehead atoms. The highest BCUT2D eigenvalue weighted by molar-refractivity contribution is 6.02. The number of nitrogens with zero attached hydrogens (tertiary/aromatic N) is 3. The number of ether oxygens (including phenoxy) is 2. The van der Waals surface area contributed by atoms with Gasteiger partial charge >= 0.3 is 11.8 Å². The van der Waals surface area contributed by atoms with Gasteiger partial charge < -0.3 is 19.6 Å². The molecule has 0 radical (unpaired) electrons. The molecule has 9 heteroatoms. The van der Waals surface area contributed by atoms with Crippen LogP contribution in [0.2, 0.25) is 0 Å². The quantitative estimate of drug-likeness (QED) is 0.464. The van der Waals surface area contributed by atoms with Gasteiger partial charge in [-0.25, -0.2) is 0 Å². The number of anilines is 1. The van der Waals surface area contributed by atoms with Crippen LogP contribution in [0, 0.1) is 10.1 Å². The van der Waals surface area contributed by atoms with Crippen molar-refractivity contribution < 1.29 is 24.0 Å². The zero-order valence-electron chi connectivity index (χ0n) is 12.3. The predicted molar refractivity (Wildman–Crippen MR) is 74.6 cm³/mol. The molecule has 1 aliphatic heterocycles. The predicted octanol–water partition coefficient (Wildman–Crippen LogP) is 1.06. The SMILES string of the molecule is CC(C)OC(=O)CN1C(=O)C(C)Oc2ccc([N+](=O)[O-])nc21. The first-order chi connectivity index (χ1) is 10.3. The Bertz CT molecular complexity index is 630. The summed E-state index contributed by atoms with van der Waals surface area (Å²) in [6, 6.07) is 2.52. The summed E-state index contributed by atoms with van der Waals surface area (Å²) < 4.78 is 10.3. The maximum absolute atomic E-state index is 12.2. The molecule has 0 spiro atoms. The Morgan fingerprint density at radius 2 is 2.23 bits per heavy atom. The van der Waals surface area contributed by atoms with Crippen molar-refractivity contribution in [2.45, 2.75) is 33.0 Å². The van der Waals surface area contributed by atoms with E-state index >= 15 is 0 Å². The Morgan fingerprint density at radius 1 is 1.55 bits per heavy atom. The topological polar surface area (TPSA) is 112 Å². The van der Waals surface area contributed by atoms with Gasteiger partial charge in [0.2, 0.25) is 0 Å². The van der Waals surface area contributed by atoms with E-state index in [1.54, 1.807) is 13.8 Å². The third-order valence-corrected chi connectivity index (χ3v) is 2.84. The zero-order valence-corrected chi connectivity index (χ0v) is 12.3. The minimum absolute atomic E-state index is 0.0574. The summed E-state index contributed by atoms with van der Waals surface area (Å²) in [7, 11) is 0. The van der Waals surface area contributed by atoms with Crippen LogP contribution in [0.1, 0.15) is 20.8 Å². The number of esters is 1. The lowest BCUT2D eigenvalue weighted by Gasteiger charge is -2.28. The van der Waals surface area contributed by atoms with Crippen molar-refractivity contribution in [3.63, 3.8) is 0 Å². The van der Waals surface area contributed by atoms with Crippen LogP contribution in [0.25, 0.3) is 0 Å². The highest BCUT2D eigenvalue weighted by Crippen LogP contribution is 2.33. The average Bonchev–Trinajstić information content (AvgIpc) is 2.42. The van der Waals surface area contributed by atoms with Crippen LogP contribution in [0.5, 0.6) is 5.75 Å². The fourth-order valence-corrected chi connectivity index (χ4v) is 1.96. The number of rotatable bonds is 4. The van der Waals surface area contributed by atoms with Crippen molar-refractivity contribution in [2.75, 3.05) is 11.4 Å². The van der Waals surface area contributed by atoms with Crippen molar-refractivity contribution in [1.29, 1.82) is 0 Å². The zero-order chi connectivity index (χ0) is 16.4. The molecule has 22 heavy (non-hydrogen) atoms. The second kappa shape index (κ2) is 5.96. The molecule has 2 rings (SSSR count). The third-order valence-electron chi connectivity index (χ3n) is 2.84. The maximum atomic E-state index is 12.2. The van der Waals surface area contributed by atoms with E-state index in [4.69, 9.17) is 9.47 Å². The van der Waals surface area contributed by atoms with Gasteiger partial charge in [-0.2, -0.15) is 0 Å². The lowest BCUT2D eigenvalue weighted by atomic mass is 10.2. The summed E-state index contributed by atoms with van der Waals surface area (Å²) in [4.78, 5) is 38.9. The molecule has 1 amide bonds. The Balaban J connectivity index is 2.36. The van der Waals surface area contributed by atoms with E-state index < -0.39 is 28.7 Å². The number of carbonyl (C=O) groups excluding carboxylic acids is 2. The molecule has 1 atom stereocenters. The van der Waals surface area contributed by atoms with Gasteiger partial charge in [-0.3, -0.25) is 14.5 Å². The summed E-state index contributed by atoms with van der Waals surface area (Å²) in [5, 5.41) is 10.8. The summed E-state index contributed by atoms with van der Waals surface area (Å²) in [5.41, 5.74) is 0. The molecule has 1 aromatic rings. The van der Waals surface area contributed by atoms with Crippen LogP contribution in [0.15, 0.2) is 12.1 Å². The smallest absolute Gasteiger partial charge is 0.366 e. The molecule has 1 unspecified atom stereocenters. The lowest BCUT2D eigenvalue weighted by Crippen LogP contribution is -2.47. The fourth-order valence-electron chi connectivity index (χ4n) is 1.96. The molecular formula is C13H15N3O6. The standard InChI is InChI=1S/C13H15N3O6/c1-7(2)21-11(17)6-15-12-9(22-8(3)13(15)18)4-5-10(14-12)16(19)20/h4-5,7-8H,6H2,1-3H3. The van der Waals surface area contributed by atoms with E-state index in [-0.39, 0.29) is 24.2 Å². The minimum Gasteiger partial charge on any atom is -0.475 e. The molecule has 0 aliphatic carbocycles. The second-order valence-corrected chi connectivity index (χ2v) is 4.97. The molecule has 0 saturated carbocycles. The van der Waals surface area contributed by atoms with Gasteiger partial charge in [-0.05, 0) is 36.7 Å². The van der Waals surface area contributed by atoms with Crippen molar-refractivity contribution in [3.05, 3.63) is 22.2 Å². The maximum Gasteiger partial charge on any atom is 0.366 e. The summed E-state index contributed by atoms with van der Waals surface area (Å²) in [5.74, 6) is -1.43. The first kappa shape index (κ1) is 15.7. The van der Waals surface area contributed by atoms with Crippen LogP contribution in [0.3, 0.4) is 0 Å². The van der Waals surface area contributed by atoms with E-state index in [9.17, 15) is 19.7 Å². The fraction of sp³-hybridized carbons (Fsp3) is 0.462. The highest BCUT2D eigenvalue weighted by Gasteiger charge is 2.38. The van der Waals surface area contributed by atoms with Gasteiger partial charge in [-0.15, -0.1) is 0 Å². The van der Waals surface area contributed by atoms with Crippen molar-refractivity contribution >= 4 is 23.5 Å². The van der Waals surface area contributed by atoms with Gasteiger partial charge in [0.05, 0.1) is 6.10 Å². The number of amides is 1. The second-order valence-electron chi connectivity index (χ2n) is 4.97. The first-order valence-corrected chi connectivity index (χ1v) is 6.62. The van der Waals surface area contributed by atoms with Crippen LogP contribution in [-0.4, -0.2) is 40.5 Å². The van der Waals surface area contributed by atoms with Gasteiger partial charge in [0.15, 0.2) is 11.9 Å². The lowest BCUT2D eigenvalue weighted by molar-refractivity contribution is -0.389. The number of hydrogen-bond donors (Lipinski definition) is 0. The molecule has 2 heterocycles. The van der Waals surface area contributed by atoms with Crippen LogP contribution < -0.4 is 9.64 Å². The van der Waals surface area contributed by atoms with E-state index in [0.717, 1.165) is 4.90 Å². The van der Waals surface area contributed by atoms with E-state index in [0.29, 0.717) is 0 Å². The molecule has 9 nitrogen and oxygen atoms in total. The molecule has 1 aromatic heterocycles. The monoisotopic (exact) mass is 309 g/mol. The average molecular weight is 309 g/mol. The Hall–Kier alpha value is -2.71. The van der Waals surface area contributed by atoms with E-state index in [1.807, 2.05) is 0 Å². The summed E-state index contributed by atoms with van der Waals surface area (Å²) in [6.45, 7) is 4.50. The molecule has 1 aliphatic rings. The van der Waals surface area contributed by atoms with Crippen molar-refractivity contribution in [2.24, 2.45) is 0 Å². The van der Waals surface area contributed by atoms with E-state index in [2.05, 4.69) is 4.98 Å². The number of aromatic nitrogens is 1. The van der Waals surface area contributed by atoms with Crippen molar-refractivity contribution in [3.8, 4) is 5.75 Å². The number of nitro groups is 1. The Kier molecular flexibility index (Phi) is 4.25. The van der Waals surface area contributed by atoms with Gasteiger partial charge in [0.1, 0.15) is 6.54 Å². The van der Waals surface area contributed by atoms with Gasteiger partial charge in [-0.1, -0.05) is 0 Å². The number of fused-ring (bicyclic) bond motifs is 1. The third kappa shape index (κ3) is 3.13. The molecule has 0 aromatic carbocycles. The van der Waals surface area contributed by atoms with Crippen LogP contribution >= 0.6 is 0 Å². The van der Waals surface area contributed by atoms with E-state index in [1.165, 1.54) is 19.1 Å². The first-order valence-electron chi connectivity index (χ1n) is 6.62. The summed E-state index contributed by atoms with van der Waals surface area (Å²) >= 11 is 0. The number of carbonyl (C=O) groups is 2. The van der Waals surface area contributed by atoms with Gasteiger partial charge in [0.25, 0.3) is 11.7 Å². The summed E-state index contributed by atoms with van der Waals surface area (Å²) in [6.07, 6.45) is -1.15. The van der Waals surface area contributed by atoms with Crippen LogP contribution in [0.4, 0.5) is 11.6 Å². The highest BCUT2D eigenvalue weighted by atomic mass is 16.6. The molecule has 0 fully saturated rings. The molecule has 0 saturated heterocycles. The number of pyridine rings is 1. The Morgan fingerprint density at radius 3 is 2.82 bits per heavy atom. The normalized spacial score (nSPS) is 17.0. The number of hydrogen-bond acceptors (Lipinski definition) is 7. The molecular weight excluding hydrogens is 294 g/mol.